The van der Waals surface area contributed by atoms with Gasteiger partial charge in [0.2, 0.25) is 0 Å². The molecule has 0 aliphatic heterocycles. The van der Waals surface area contributed by atoms with Gasteiger partial charge in [0.25, 0.3) is 5.91 Å². The van der Waals surface area contributed by atoms with Gasteiger partial charge in [0.05, 0.1) is 6.42 Å². The Bertz CT molecular complexity index is 554. The molecule has 2 atom stereocenters. The van der Waals surface area contributed by atoms with Gasteiger partial charge in [-0.05, 0) is 43.4 Å². The molecule has 1 aromatic rings. The molecular formula is C17H20FNO3. The lowest BCUT2D eigenvalue weighted by Gasteiger charge is -2.14. The summed E-state index contributed by atoms with van der Waals surface area (Å²) in [6.07, 6.45) is 5.49. The number of carbonyl (C=O) groups is 2. The number of esters is 1. The van der Waals surface area contributed by atoms with Gasteiger partial charge >= 0.3 is 5.97 Å². The molecule has 0 bridgehead atoms. The Morgan fingerprint density at radius 1 is 1.36 bits per heavy atom. The van der Waals surface area contributed by atoms with E-state index in [2.05, 4.69) is 11.4 Å². The topological polar surface area (TPSA) is 55.4 Å². The monoisotopic (exact) mass is 305 g/mol. The van der Waals surface area contributed by atoms with Crippen LogP contribution in [0.25, 0.3) is 0 Å². The second-order valence-corrected chi connectivity index (χ2v) is 5.45. The number of hydrogen-bond acceptors (Lipinski definition) is 3. The van der Waals surface area contributed by atoms with Gasteiger partial charge in [-0.25, -0.2) is 4.39 Å². The van der Waals surface area contributed by atoms with E-state index in [1.54, 1.807) is 19.1 Å². The van der Waals surface area contributed by atoms with E-state index < -0.39 is 6.10 Å². The van der Waals surface area contributed by atoms with Crippen LogP contribution in [0.4, 0.5) is 4.39 Å². The van der Waals surface area contributed by atoms with Crippen LogP contribution < -0.4 is 5.32 Å². The van der Waals surface area contributed by atoms with E-state index in [4.69, 9.17) is 4.74 Å². The number of allylic oxidation sites excluding steroid dienone is 2. The first-order chi connectivity index (χ1) is 10.5. The number of amides is 1. The average molecular weight is 305 g/mol. The van der Waals surface area contributed by atoms with Crippen molar-refractivity contribution in [2.45, 2.75) is 38.8 Å². The van der Waals surface area contributed by atoms with Crippen LogP contribution >= 0.6 is 0 Å². The Labute approximate surface area is 129 Å². The highest BCUT2D eigenvalue weighted by Crippen LogP contribution is 2.20. The molecule has 0 saturated heterocycles. The van der Waals surface area contributed by atoms with Crippen LogP contribution in [0, 0.1) is 11.7 Å². The summed E-state index contributed by atoms with van der Waals surface area (Å²) in [5.41, 5.74) is 0.782. The van der Waals surface area contributed by atoms with Gasteiger partial charge in [-0.3, -0.25) is 9.59 Å². The lowest BCUT2D eigenvalue weighted by molar-refractivity contribution is -0.155. The summed E-state index contributed by atoms with van der Waals surface area (Å²) in [4.78, 5) is 23.6. The van der Waals surface area contributed by atoms with Crippen LogP contribution in [0.1, 0.15) is 31.7 Å². The lowest BCUT2D eigenvalue weighted by Crippen LogP contribution is -2.35. The molecule has 5 heteroatoms. The van der Waals surface area contributed by atoms with Crippen LogP contribution in [0.15, 0.2) is 36.4 Å². The van der Waals surface area contributed by atoms with Crippen molar-refractivity contribution in [1.82, 2.24) is 5.32 Å². The van der Waals surface area contributed by atoms with Gasteiger partial charge in [0, 0.05) is 6.54 Å². The number of hydrogen-bond donors (Lipinski definition) is 1. The van der Waals surface area contributed by atoms with Crippen LogP contribution in [-0.2, 0) is 20.9 Å². The first-order valence-electron chi connectivity index (χ1n) is 7.43. The van der Waals surface area contributed by atoms with Crippen LogP contribution in [0.5, 0.6) is 0 Å². The van der Waals surface area contributed by atoms with Gasteiger partial charge in [-0.15, -0.1) is 0 Å². The van der Waals surface area contributed by atoms with Gasteiger partial charge in [-0.2, -0.15) is 0 Å². The van der Waals surface area contributed by atoms with Crippen LogP contribution in [0.2, 0.25) is 0 Å². The van der Waals surface area contributed by atoms with Crippen molar-refractivity contribution in [3.05, 3.63) is 47.8 Å². The molecule has 1 aliphatic rings. The minimum Gasteiger partial charge on any atom is -0.453 e. The number of nitrogens with one attached hydrogen (secondary N) is 1. The molecule has 0 spiro atoms. The Morgan fingerprint density at radius 3 is 2.73 bits per heavy atom. The third kappa shape index (κ3) is 4.98. The second-order valence-electron chi connectivity index (χ2n) is 5.45. The molecule has 1 aliphatic carbocycles. The number of ether oxygens (including phenoxy) is 1. The third-order valence-corrected chi connectivity index (χ3v) is 3.60. The van der Waals surface area contributed by atoms with E-state index in [0.29, 0.717) is 6.42 Å². The van der Waals surface area contributed by atoms with Crippen LogP contribution in [-0.4, -0.2) is 18.0 Å². The maximum Gasteiger partial charge on any atom is 0.307 e. The number of carbonyl (C=O) groups excluding carboxylic acids is 2. The zero-order valence-electron chi connectivity index (χ0n) is 12.5. The van der Waals surface area contributed by atoms with Crippen molar-refractivity contribution in [1.29, 1.82) is 0 Å². The molecule has 0 unspecified atom stereocenters. The second kappa shape index (κ2) is 7.73. The van der Waals surface area contributed by atoms with Crippen molar-refractivity contribution in [3.8, 4) is 0 Å². The first-order valence-corrected chi connectivity index (χ1v) is 7.43. The highest BCUT2D eigenvalue weighted by molar-refractivity contribution is 5.83. The van der Waals surface area contributed by atoms with E-state index in [-0.39, 0.29) is 30.2 Å². The summed E-state index contributed by atoms with van der Waals surface area (Å²) in [6.45, 7) is 1.81. The summed E-state index contributed by atoms with van der Waals surface area (Å²) in [7, 11) is 0. The summed E-state index contributed by atoms with van der Waals surface area (Å²) >= 11 is 0. The van der Waals surface area contributed by atoms with Crippen LogP contribution in [0.3, 0.4) is 0 Å². The maximum absolute atomic E-state index is 12.8. The minimum atomic E-state index is -0.835. The van der Waals surface area contributed by atoms with Crippen molar-refractivity contribution in [2.75, 3.05) is 0 Å². The average Bonchev–Trinajstić information content (AvgIpc) is 2.99. The fourth-order valence-corrected chi connectivity index (χ4v) is 2.31. The SMILES string of the molecule is C[C@@H](OC(=O)C[C@@H]1C=CCC1)C(=O)NCc1ccc(F)cc1. The Kier molecular flexibility index (Phi) is 5.69. The molecule has 2 rings (SSSR count). The first kappa shape index (κ1) is 16.2. The van der Waals surface area contributed by atoms with Gasteiger partial charge in [0.15, 0.2) is 6.10 Å². The molecular weight excluding hydrogens is 285 g/mol. The molecule has 1 aromatic carbocycles. The zero-order valence-corrected chi connectivity index (χ0v) is 12.5. The minimum absolute atomic E-state index is 0.224. The number of halogens is 1. The highest BCUT2D eigenvalue weighted by atomic mass is 19.1. The smallest absolute Gasteiger partial charge is 0.307 e. The molecule has 118 valence electrons. The third-order valence-electron chi connectivity index (χ3n) is 3.60. The van der Waals surface area contributed by atoms with E-state index in [0.717, 1.165) is 18.4 Å². The Hall–Kier alpha value is -2.17. The largest absolute Gasteiger partial charge is 0.453 e. The summed E-state index contributed by atoms with van der Waals surface area (Å²) in [5, 5.41) is 2.66. The fourth-order valence-electron chi connectivity index (χ4n) is 2.31. The molecule has 0 saturated carbocycles. The van der Waals surface area contributed by atoms with E-state index in [1.807, 2.05) is 6.08 Å². The molecule has 1 amide bonds. The normalized spacial score (nSPS) is 18.0. The van der Waals surface area contributed by atoms with Crippen molar-refractivity contribution < 1.29 is 18.7 Å². The van der Waals surface area contributed by atoms with E-state index >= 15 is 0 Å². The summed E-state index contributed by atoms with van der Waals surface area (Å²) < 4.78 is 17.9. The molecule has 1 N–H and O–H groups in total. The molecule has 4 nitrogen and oxygen atoms in total. The van der Waals surface area contributed by atoms with Gasteiger partial charge < -0.3 is 10.1 Å². The van der Waals surface area contributed by atoms with Gasteiger partial charge in [0.1, 0.15) is 5.82 Å². The predicted molar refractivity (Wildman–Crippen MR) is 80.3 cm³/mol. The highest BCUT2D eigenvalue weighted by Gasteiger charge is 2.20. The van der Waals surface area contributed by atoms with Crippen molar-refractivity contribution in [3.63, 3.8) is 0 Å². The molecule has 0 aromatic heterocycles. The Balaban J connectivity index is 1.72. The number of benzene rings is 1. The predicted octanol–water partition coefficient (Wildman–Crippen LogP) is 2.73. The lowest BCUT2D eigenvalue weighted by atomic mass is 10.1. The molecule has 0 heterocycles. The summed E-state index contributed by atoms with van der Waals surface area (Å²) in [6, 6.07) is 5.86. The van der Waals surface area contributed by atoms with E-state index in [9.17, 15) is 14.0 Å². The molecule has 22 heavy (non-hydrogen) atoms. The van der Waals surface area contributed by atoms with E-state index in [1.165, 1.54) is 12.1 Å². The van der Waals surface area contributed by atoms with Crippen molar-refractivity contribution >= 4 is 11.9 Å². The quantitative estimate of drug-likeness (QED) is 0.649. The Morgan fingerprint density at radius 2 is 2.09 bits per heavy atom. The molecule has 0 radical (unpaired) electrons. The standard InChI is InChI=1S/C17H20FNO3/c1-12(22-16(20)10-13-4-2-3-5-13)17(21)19-11-14-6-8-15(18)9-7-14/h2,4,6-9,12-13H,3,5,10-11H2,1H3,(H,19,21)/t12-,13-/m1/s1. The zero-order chi connectivity index (χ0) is 15.9. The number of rotatable bonds is 6. The van der Waals surface area contributed by atoms with Crippen molar-refractivity contribution in [2.24, 2.45) is 5.92 Å². The fraction of sp³-hybridized carbons (Fsp3) is 0.412. The maximum atomic E-state index is 12.8. The molecule has 0 fully saturated rings. The summed E-state index contributed by atoms with van der Waals surface area (Å²) in [5.74, 6) is -0.819. The van der Waals surface area contributed by atoms with Gasteiger partial charge in [-0.1, -0.05) is 24.3 Å².